The summed E-state index contributed by atoms with van der Waals surface area (Å²) in [5.74, 6) is 1.18. The van der Waals surface area contributed by atoms with Gasteiger partial charge in [-0.05, 0) is 38.1 Å². The van der Waals surface area contributed by atoms with Crippen molar-refractivity contribution in [3.63, 3.8) is 0 Å². The van der Waals surface area contributed by atoms with Crippen LogP contribution in [-0.2, 0) is 4.79 Å². The van der Waals surface area contributed by atoms with Gasteiger partial charge in [-0.15, -0.1) is 0 Å². The lowest BCUT2D eigenvalue weighted by molar-refractivity contribution is -0.125. The molecule has 17 heavy (non-hydrogen) atoms. The van der Waals surface area contributed by atoms with Crippen LogP contribution in [0, 0.1) is 11.8 Å². The fraction of sp³-hybridized carbons (Fsp3) is 0.923. The lowest BCUT2D eigenvalue weighted by Gasteiger charge is -2.23. The van der Waals surface area contributed by atoms with Crippen molar-refractivity contribution in [3.05, 3.63) is 0 Å². The van der Waals surface area contributed by atoms with Gasteiger partial charge in [0.15, 0.2) is 0 Å². The second-order valence-corrected chi connectivity index (χ2v) is 5.48. The number of likely N-dealkylation sites (tertiary alicyclic amines) is 1. The van der Waals surface area contributed by atoms with Gasteiger partial charge < -0.3 is 10.4 Å². The normalized spacial score (nSPS) is 23.0. The van der Waals surface area contributed by atoms with Crippen molar-refractivity contribution in [2.24, 2.45) is 11.8 Å². The van der Waals surface area contributed by atoms with E-state index in [0.717, 1.165) is 32.5 Å². The molecule has 1 rings (SSSR count). The molecule has 0 aromatic rings. The predicted molar refractivity (Wildman–Crippen MR) is 68.7 cm³/mol. The molecule has 1 heterocycles. The summed E-state index contributed by atoms with van der Waals surface area (Å²) in [5.41, 5.74) is 0. The Bertz CT molecular complexity index is 244. The summed E-state index contributed by atoms with van der Waals surface area (Å²) >= 11 is 0. The minimum absolute atomic E-state index is 0.0440. The van der Waals surface area contributed by atoms with Gasteiger partial charge in [-0.2, -0.15) is 0 Å². The third-order valence-corrected chi connectivity index (χ3v) is 3.47. The number of aliphatic hydroxyl groups excluding tert-OH is 1. The van der Waals surface area contributed by atoms with E-state index in [2.05, 4.69) is 24.1 Å². The Labute approximate surface area is 104 Å². The van der Waals surface area contributed by atoms with Crippen LogP contribution in [-0.4, -0.2) is 48.2 Å². The van der Waals surface area contributed by atoms with Crippen LogP contribution in [0.2, 0.25) is 0 Å². The minimum atomic E-state index is -0.0440. The predicted octanol–water partition coefficient (Wildman–Crippen LogP) is 0.851. The molecule has 0 bridgehead atoms. The van der Waals surface area contributed by atoms with E-state index < -0.39 is 0 Å². The summed E-state index contributed by atoms with van der Waals surface area (Å²) in [5, 5.41) is 11.9. The maximum absolute atomic E-state index is 11.9. The molecule has 0 radical (unpaired) electrons. The molecule has 1 aliphatic rings. The van der Waals surface area contributed by atoms with Crippen LogP contribution in [0.4, 0.5) is 0 Å². The average molecular weight is 242 g/mol. The third-order valence-electron chi connectivity index (χ3n) is 3.47. The molecule has 1 amide bonds. The van der Waals surface area contributed by atoms with E-state index in [0.29, 0.717) is 11.8 Å². The van der Waals surface area contributed by atoms with Gasteiger partial charge in [-0.3, -0.25) is 9.69 Å². The van der Waals surface area contributed by atoms with E-state index in [1.165, 1.54) is 0 Å². The summed E-state index contributed by atoms with van der Waals surface area (Å²) in [6.45, 7) is 9.08. The van der Waals surface area contributed by atoms with Crippen molar-refractivity contribution < 1.29 is 9.90 Å². The Hall–Kier alpha value is -0.610. The minimum Gasteiger partial charge on any atom is -0.396 e. The Balaban J connectivity index is 2.32. The molecule has 1 fully saturated rings. The highest BCUT2D eigenvalue weighted by Gasteiger charge is 2.28. The Morgan fingerprint density at radius 1 is 1.47 bits per heavy atom. The molecule has 2 unspecified atom stereocenters. The van der Waals surface area contributed by atoms with Crippen molar-refractivity contribution in [2.45, 2.75) is 39.7 Å². The van der Waals surface area contributed by atoms with Crippen LogP contribution in [0.25, 0.3) is 0 Å². The van der Waals surface area contributed by atoms with Crippen molar-refractivity contribution in [1.29, 1.82) is 0 Å². The zero-order valence-corrected chi connectivity index (χ0v) is 11.3. The molecule has 0 aromatic carbocycles. The van der Waals surface area contributed by atoms with Gasteiger partial charge in [-0.1, -0.05) is 13.8 Å². The molecule has 0 aromatic heterocycles. The summed E-state index contributed by atoms with van der Waals surface area (Å²) in [4.78, 5) is 14.1. The van der Waals surface area contributed by atoms with Gasteiger partial charge in [-0.25, -0.2) is 0 Å². The summed E-state index contributed by atoms with van der Waals surface area (Å²) in [6.07, 6.45) is 1.96. The number of carbonyl (C=O) groups excluding carboxylic acids is 1. The fourth-order valence-electron chi connectivity index (χ4n) is 2.25. The SMILES string of the molecule is CC(C)CNC(=O)C(C)N1CCC(CCO)C1. The smallest absolute Gasteiger partial charge is 0.237 e. The Kier molecular flexibility index (Phi) is 5.92. The van der Waals surface area contributed by atoms with Crippen molar-refractivity contribution in [1.82, 2.24) is 10.2 Å². The standard InChI is InChI=1S/C13H26N2O2/c1-10(2)8-14-13(17)11(3)15-6-4-12(9-15)5-7-16/h10-12,16H,4-9H2,1-3H3,(H,14,17). The topological polar surface area (TPSA) is 52.6 Å². The highest BCUT2D eigenvalue weighted by atomic mass is 16.3. The molecule has 1 saturated heterocycles. The van der Waals surface area contributed by atoms with Crippen LogP contribution in [0.5, 0.6) is 0 Å². The number of hydrogen-bond acceptors (Lipinski definition) is 3. The number of amides is 1. The summed E-state index contributed by atoms with van der Waals surface area (Å²) in [7, 11) is 0. The van der Waals surface area contributed by atoms with E-state index in [1.54, 1.807) is 0 Å². The first-order valence-electron chi connectivity index (χ1n) is 6.67. The van der Waals surface area contributed by atoms with E-state index in [9.17, 15) is 4.79 Å². The van der Waals surface area contributed by atoms with E-state index in [4.69, 9.17) is 5.11 Å². The number of carbonyl (C=O) groups is 1. The van der Waals surface area contributed by atoms with E-state index >= 15 is 0 Å². The Morgan fingerprint density at radius 2 is 2.18 bits per heavy atom. The number of hydrogen-bond donors (Lipinski definition) is 2. The number of aliphatic hydroxyl groups is 1. The molecule has 4 heteroatoms. The van der Waals surface area contributed by atoms with Gasteiger partial charge >= 0.3 is 0 Å². The van der Waals surface area contributed by atoms with Crippen molar-refractivity contribution in [3.8, 4) is 0 Å². The van der Waals surface area contributed by atoms with Crippen molar-refractivity contribution >= 4 is 5.91 Å². The van der Waals surface area contributed by atoms with Crippen LogP contribution < -0.4 is 5.32 Å². The van der Waals surface area contributed by atoms with Gasteiger partial charge in [0.1, 0.15) is 0 Å². The zero-order chi connectivity index (χ0) is 12.8. The quantitative estimate of drug-likeness (QED) is 0.726. The molecule has 2 atom stereocenters. The lowest BCUT2D eigenvalue weighted by Crippen LogP contribution is -2.45. The largest absolute Gasteiger partial charge is 0.396 e. The number of nitrogens with one attached hydrogen (secondary N) is 1. The highest BCUT2D eigenvalue weighted by Crippen LogP contribution is 2.21. The van der Waals surface area contributed by atoms with E-state index in [1.807, 2.05) is 6.92 Å². The first kappa shape index (κ1) is 14.5. The van der Waals surface area contributed by atoms with Gasteiger partial charge in [0.2, 0.25) is 5.91 Å². The first-order chi connectivity index (χ1) is 8.04. The van der Waals surface area contributed by atoms with E-state index in [-0.39, 0.29) is 18.6 Å². The monoisotopic (exact) mass is 242 g/mol. The van der Waals surface area contributed by atoms with Gasteiger partial charge in [0.25, 0.3) is 0 Å². The van der Waals surface area contributed by atoms with Crippen LogP contribution in [0.1, 0.15) is 33.6 Å². The number of nitrogens with zero attached hydrogens (tertiary/aromatic N) is 1. The maximum atomic E-state index is 11.9. The van der Waals surface area contributed by atoms with Crippen molar-refractivity contribution in [2.75, 3.05) is 26.2 Å². The molecular formula is C13H26N2O2. The molecule has 1 aliphatic heterocycles. The summed E-state index contributed by atoms with van der Waals surface area (Å²) in [6, 6.07) is -0.0440. The Morgan fingerprint density at radius 3 is 2.76 bits per heavy atom. The first-order valence-corrected chi connectivity index (χ1v) is 6.67. The molecule has 0 aliphatic carbocycles. The van der Waals surface area contributed by atoms with Gasteiger partial charge in [0, 0.05) is 19.7 Å². The lowest BCUT2D eigenvalue weighted by atomic mass is 10.1. The third kappa shape index (κ3) is 4.64. The fourth-order valence-corrected chi connectivity index (χ4v) is 2.25. The maximum Gasteiger partial charge on any atom is 0.237 e. The average Bonchev–Trinajstić information content (AvgIpc) is 2.74. The van der Waals surface area contributed by atoms with Crippen LogP contribution >= 0.6 is 0 Å². The molecule has 0 saturated carbocycles. The molecule has 0 spiro atoms. The molecule has 4 nitrogen and oxygen atoms in total. The second kappa shape index (κ2) is 6.97. The molecule has 2 N–H and O–H groups in total. The molecule has 100 valence electrons. The van der Waals surface area contributed by atoms with Crippen LogP contribution in [0.15, 0.2) is 0 Å². The summed E-state index contributed by atoms with van der Waals surface area (Å²) < 4.78 is 0. The van der Waals surface area contributed by atoms with Crippen LogP contribution in [0.3, 0.4) is 0 Å². The second-order valence-electron chi connectivity index (χ2n) is 5.48. The molecular weight excluding hydrogens is 216 g/mol. The number of rotatable bonds is 6. The highest BCUT2D eigenvalue weighted by molar-refractivity contribution is 5.81. The van der Waals surface area contributed by atoms with Gasteiger partial charge in [0.05, 0.1) is 6.04 Å². The zero-order valence-electron chi connectivity index (χ0n) is 11.3.